The lowest BCUT2D eigenvalue weighted by Crippen LogP contribution is -2.48. The largest absolute Gasteiger partial charge is 0.481 e. The summed E-state index contributed by atoms with van der Waals surface area (Å²) in [5.74, 6) is -3.55. The molecule has 0 fully saturated rings. The second kappa shape index (κ2) is 3.74. The first-order valence-corrected chi connectivity index (χ1v) is 3.89. The highest BCUT2D eigenvalue weighted by Gasteiger charge is 2.39. The summed E-state index contributed by atoms with van der Waals surface area (Å²) in [6.45, 7) is 4.94. The Morgan fingerprint density at radius 2 is 1.54 bits per heavy atom. The minimum Gasteiger partial charge on any atom is -0.481 e. The first kappa shape index (κ1) is 11.9. The number of nitrogens with two attached hydrogens (primary N) is 1. The molecule has 0 bridgehead atoms. The van der Waals surface area contributed by atoms with E-state index >= 15 is 0 Å². The molecule has 5 heteroatoms. The van der Waals surface area contributed by atoms with Crippen molar-refractivity contribution in [3.63, 3.8) is 0 Å². The Kier molecular flexibility index (Phi) is 3.42. The predicted molar refractivity (Wildman–Crippen MR) is 46.2 cm³/mol. The number of aliphatic carboxylic acids is 2. The molecule has 0 rings (SSSR count). The molecule has 0 amide bonds. The molecule has 76 valence electrons. The Hall–Kier alpha value is -1.10. The van der Waals surface area contributed by atoms with Crippen molar-refractivity contribution in [2.45, 2.75) is 26.8 Å². The fraction of sp³-hybridized carbons (Fsp3) is 0.750. The lowest BCUT2D eigenvalue weighted by molar-refractivity contribution is -0.154. The average molecular weight is 189 g/mol. The van der Waals surface area contributed by atoms with Gasteiger partial charge in [-0.25, -0.2) is 0 Å². The first-order valence-electron chi connectivity index (χ1n) is 3.89. The van der Waals surface area contributed by atoms with Crippen molar-refractivity contribution in [2.75, 3.05) is 0 Å². The molecule has 0 aromatic rings. The van der Waals surface area contributed by atoms with Gasteiger partial charge in [0.2, 0.25) is 0 Å². The van der Waals surface area contributed by atoms with Crippen LogP contribution in [0.2, 0.25) is 0 Å². The maximum absolute atomic E-state index is 10.7. The van der Waals surface area contributed by atoms with Gasteiger partial charge >= 0.3 is 11.9 Å². The van der Waals surface area contributed by atoms with Crippen LogP contribution in [-0.4, -0.2) is 28.2 Å². The van der Waals surface area contributed by atoms with Gasteiger partial charge in [0.05, 0.1) is 5.92 Å². The van der Waals surface area contributed by atoms with Gasteiger partial charge in [-0.05, 0) is 5.41 Å². The Morgan fingerprint density at radius 1 is 1.15 bits per heavy atom. The molecule has 2 unspecified atom stereocenters. The van der Waals surface area contributed by atoms with Crippen LogP contribution in [-0.2, 0) is 9.59 Å². The molecular weight excluding hydrogens is 174 g/mol. The predicted octanol–water partition coefficient (Wildman–Crippen LogP) is 0.145. The third-order valence-electron chi connectivity index (χ3n) is 1.84. The summed E-state index contributed by atoms with van der Waals surface area (Å²) >= 11 is 0. The molecule has 13 heavy (non-hydrogen) atoms. The second-order valence-electron chi connectivity index (χ2n) is 4.05. The molecular formula is C8H15NO4. The van der Waals surface area contributed by atoms with E-state index in [0.29, 0.717) is 0 Å². The third-order valence-corrected chi connectivity index (χ3v) is 1.84. The molecule has 0 aliphatic carbocycles. The summed E-state index contributed by atoms with van der Waals surface area (Å²) in [4.78, 5) is 21.3. The highest BCUT2D eigenvalue weighted by Crippen LogP contribution is 2.28. The van der Waals surface area contributed by atoms with Crippen LogP contribution < -0.4 is 5.73 Å². The van der Waals surface area contributed by atoms with E-state index in [0.717, 1.165) is 0 Å². The summed E-state index contributed by atoms with van der Waals surface area (Å²) in [6.07, 6.45) is 0. The van der Waals surface area contributed by atoms with Crippen molar-refractivity contribution < 1.29 is 19.8 Å². The lowest BCUT2D eigenvalue weighted by atomic mass is 9.76. The van der Waals surface area contributed by atoms with Gasteiger partial charge in [0.15, 0.2) is 0 Å². The first-order chi connectivity index (χ1) is 5.68. The molecule has 0 aromatic heterocycles. The van der Waals surface area contributed by atoms with Crippen molar-refractivity contribution in [1.82, 2.24) is 0 Å². The van der Waals surface area contributed by atoms with Crippen molar-refractivity contribution in [3.8, 4) is 0 Å². The van der Waals surface area contributed by atoms with Crippen molar-refractivity contribution >= 4 is 11.9 Å². The quantitative estimate of drug-likeness (QED) is 0.586. The molecule has 0 saturated heterocycles. The van der Waals surface area contributed by atoms with E-state index < -0.39 is 29.3 Å². The van der Waals surface area contributed by atoms with E-state index in [1.165, 1.54) is 0 Å². The summed E-state index contributed by atoms with van der Waals surface area (Å²) in [5.41, 5.74) is 4.60. The molecule has 0 heterocycles. The number of carboxylic acid groups (broad SMARTS) is 2. The second-order valence-corrected chi connectivity index (χ2v) is 4.05. The third kappa shape index (κ3) is 3.02. The van der Waals surface area contributed by atoms with E-state index in [2.05, 4.69) is 0 Å². The smallest absolute Gasteiger partial charge is 0.321 e. The Morgan fingerprint density at radius 3 is 1.62 bits per heavy atom. The topological polar surface area (TPSA) is 101 Å². The maximum atomic E-state index is 10.7. The van der Waals surface area contributed by atoms with Crippen LogP contribution in [0.15, 0.2) is 0 Å². The molecule has 4 N–H and O–H groups in total. The van der Waals surface area contributed by atoms with Crippen LogP contribution in [0, 0.1) is 11.3 Å². The van der Waals surface area contributed by atoms with Gasteiger partial charge in [-0.2, -0.15) is 0 Å². The van der Waals surface area contributed by atoms with Crippen LogP contribution in [0.25, 0.3) is 0 Å². The standard InChI is InChI=1S/C8H15NO4/c1-8(2,3)4(6(10)11)5(9)7(12)13/h4-5H,9H2,1-3H3,(H,10,11)(H,12,13). The Bertz CT molecular complexity index is 219. The maximum Gasteiger partial charge on any atom is 0.321 e. The fourth-order valence-electron chi connectivity index (χ4n) is 1.21. The molecule has 0 aliphatic heterocycles. The molecule has 0 aromatic carbocycles. The van der Waals surface area contributed by atoms with Gasteiger partial charge in [0, 0.05) is 0 Å². The summed E-state index contributed by atoms with van der Waals surface area (Å²) in [5, 5.41) is 17.4. The molecule has 0 saturated carbocycles. The summed E-state index contributed by atoms with van der Waals surface area (Å²) in [7, 11) is 0. The van der Waals surface area contributed by atoms with Gasteiger partial charge in [0.25, 0.3) is 0 Å². The lowest BCUT2D eigenvalue weighted by Gasteiger charge is -2.29. The number of rotatable bonds is 3. The zero-order valence-electron chi connectivity index (χ0n) is 7.94. The highest BCUT2D eigenvalue weighted by molar-refractivity contribution is 5.83. The van der Waals surface area contributed by atoms with Gasteiger partial charge in [-0.15, -0.1) is 0 Å². The van der Waals surface area contributed by atoms with Gasteiger partial charge in [-0.1, -0.05) is 20.8 Å². The van der Waals surface area contributed by atoms with Gasteiger partial charge in [-0.3, -0.25) is 9.59 Å². The summed E-state index contributed by atoms with van der Waals surface area (Å²) < 4.78 is 0. The number of hydrogen-bond donors (Lipinski definition) is 3. The minimum absolute atomic E-state index is 0.663. The number of hydrogen-bond acceptors (Lipinski definition) is 3. The molecule has 0 spiro atoms. The van der Waals surface area contributed by atoms with E-state index in [1.807, 2.05) is 0 Å². The van der Waals surface area contributed by atoms with Crippen molar-refractivity contribution in [2.24, 2.45) is 17.1 Å². The molecule has 2 atom stereocenters. The number of carboxylic acids is 2. The SMILES string of the molecule is CC(C)(C)C(C(=O)O)C(N)C(=O)O. The normalized spacial score (nSPS) is 16.3. The Labute approximate surface area is 76.5 Å². The van der Waals surface area contributed by atoms with Crippen LogP contribution in [0.5, 0.6) is 0 Å². The van der Waals surface area contributed by atoms with Crippen LogP contribution in [0.3, 0.4) is 0 Å². The fourth-order valence-corrected chi connectivity index (χ4v) is 1.21. The van der Waals surface area contributed by atoms with E-state index in [1.54, 1.807) is 20.8 Å². The average Bonchev–Trinajstić information content (AvgIpc) is 1.82. The zero-order valence-corrected chi connectivity index (χ0v) is 7.94. The van der Waals surface area contributed by atoms with Crippen molar-refractivity contribution in [3.05, 3.63) is 0 Å². The highest BCUT2D eigenvalue weighted by atomic mass is 16.4. The monoisotopic (exact) mass is 189 g/mol. The molecule has 0 aliphatic rings. The molecule has 5 nitrogen and oxygen atoms in total. The van der Waals surface area contributed by atoms with Crippen molar-refractivity contribution in [1.29, 1.82) is 0 Å². The van der Waals surface area contributed by atoms with E-state index in [-0.39, 0.29) is 0 Å². The minimum atomic E-state index is -1.36. The number of carbonyl (C=O) groups is 2. The van der Waals surface area contributed by atoms with Crippen LogP contribution in [0.1, 0.15) is 20.8 Å². The van der Waals surface area contributed by atoms with E-state index in [9.17, 15) is 9.59 Å². The Balaban J connectivity index is 4.83. The van der Waals surface area contributed by atoms with E-state index in [4.69, 9.17) is 15.9 Å². The zero-order chi connectivity index (χ0) is 10.8. The van der Waals surface area contributed by atoms with Crippen LogP contribution >= 0.6 is 0 Å². The van der Waals surface area contributed by atoms with Crippen LogP contribution in [0.4, 0.5) is 0 Å². The molecule has 0 radical (unpaired) electrons. The van der Waals surface area contributed by atoms with Gasteiger partial charge < -0.3 is 15.9 Å². The van der Waals surface area contributed by atoms with Gasteiger partial charge in [0.1, 0.15) is 6.04 Å². The summed E-state index contributed by atoms with van der Waals surface area (Å²) in [6, 6.07) is -1.36.